The Morgan fingerprint density at radius 2 is 1.81 bits per heavy atom. The van der Waals surface area contributed by atoms with Gasteiger partial charge in [-0.1, -0.05) is 30.3 Å². The molecule has 5 rings (SSSR count). The maximum absolute atomic E-state index is 13.6. The van der Waals surface area contributed by atoms with E-state index in [1.54, 1.807) is 38.2 Å². The van der Waals surface area contributed by atoms with Crippen LogP contribution in [-0.4, -0.2) is 43.6 Å². The second kappa shape index (κ2) is 8.21. The fourth-order valence-electron chi connectivity index (χ4n) is 4.54. The first-order valence-electron chi connectivity index (χ1n) is 11.2. The minimum atomic E-state index is -5.68. The number of halogens is 5. The molecule has 2 aromatic heterocycles. The van der Waals surface area contributed by atoms with Gasteiger partial charge in [0.05, 0.1) is 11.8 Å². The van der Waals surface area contributed by atoms with Crippen LogP contribution in [0.4, 0.5) is 39.4 Å². The molecule has 194 valence electrons. The van der Waals surface area contributed by atoms with Crippen molar-refractivity contribution >= 4 is 29.2 Å². The van der Waals surface area contributed by atoms with Gasteiger partial charge in [-0.3, -0.25) is 14.5 Å². The Hall–Kier alpha value is -4.10. The summed E-state index contributed by atoms with van der Waals surface area (Å²) in [6.07, 6.45) is -6.42. The molecule has 1 aromatic carbocycles. The van der Waals surface area contributed by atoms with E-state index in [0.717, 1.165) is 0 Å². The van der Waals surface area contributed by atoms with Crippen molar-refractivity contribution in [2.45, 2.75) is 43.3 Å². The van der Waals surface area contributed by atoms with Gasteiger partial charge >= 0.3 is 12.1 Å². The third-order valence-corrected chi connectivity index (χ3v) is 6.64. The highest BCUT2D eigenvalue weighted by molar-refractivity contribution is 6.09. The number of hydrogen-bond acceptors (Lipinski definition) is 7. The van der Waals surface area contributed by atoms with Crippen molar-refractivity contribution in [1.82, 2.24) is 19.7 Å². The lowest BCUT2D eigenvalue weighted by Gasteiger charge is -2.25. The summed E-state index contributed by atoms with van der Waals surface area (Å²) in [7, 11) is 1.57. The van der Waals surface area contributed by atoms with Crippen LogP contribution in [0.1, 0.15) is 48.3 Å². The van der Waals surface area contributed by atoms with Gasteiger partial charge in [-0.05, 0) is 12.5 Å². The number of carbonyl (C=O) groups excluding carboxylic acids is 1. The summed E-state index contributed by atoms with van der Waals surface area (Å²) in [5.41, 5.74) is 6.68. The van der Waals surface area contributed by atoms with E-state index in [1.165, 1.54) is 10.9 Å². The lowest BCUT2D eigenvalue weighted by Crippen LogP contribution is -2.37. The Labute approximate surface area is 207 Å². The van der Waals surface area contributed by atoms with Crippen LogP contribution >= 0.6 is 0 Å². The normalized spacial score (nSPS) is 21.1. The molecule has 2 atom stereocenters. The summed E-state index contributed by atoms with van der Waals surface area (Å²) < 4.78 is 66.6. The van der Waals surface area contributed by atoms with Crippen molar-refractivity contribution in [2.75, 3.05) is 16.4 Å². The van der Waals surface area contributed by atoms with Gasteiger partial charge in [0.15, 0.2) is 5.82 Å². The molecule has 3 aromatic rings. The van der Waals surface area contributed by atoms with Crippen LogP contribution < -0.4 is 16.4 Å². The number of fused-ring (bicyclic) bond motifs is 2. The maximum atomic E-state index is 13.6. The van der Waals surface area contributed by atoms with Gasteiger partial charge < -0.3 is 16.4 Å². The van der Waals surface area contributed by atoms with E-state index in [1.807, 2.05) is 6.07 Å². The van der Waals surface area contributed by atoms with Gasteiger partial charge in [-0.2, -0.15) is 27.1 Å². The van der Waals surface area contributed by atoms with Crippen molar-refractivity contribution in [3.05, 3.63) is 59.0 Å². The SMILES string of the molecule is Cn1ncc2c1NC(CCC(F)(F)C(F)(F)F)=NC2c1nc(N)c2c(n1)NC(=O)C2(C)c1ccccc1. The molecule has 0 radical (unpaired) electrons. The molecule has 2 aliphatic rings. The number of aryl methyl sites for hydroxylation is 1. The summed E-state index contributed by atoms with van der Waals surface area (Å²) in [6, 6.07) is 7.94. The van der Waals surface area contributed by atoms with E-state index in [9.17, 15) is 26.7 Å². The third kappa shape index (κ3) is 3.86. The maximum Gasteiger partial charge on any atom is 0.453 e. The first kappa shape index (κ1) is 24.6. The number of hydrogen-bond donors (Lipinski definition) is 3. The van der Waals surface area contributed by atoms with Crippen molar-refractivity contribution < 1.29 is 26.7 Å². The zero-order valence-electron chi connectivity index (χ0n) is 19.6. The highest BCUT2D eigenvalue weighted by Gasteiger charge is 2.57. The molecule has 37 heavy (non-hydrogen) atoms. The van der Waals surface area contributed by atoms with E-state index in [0.29, 0.717) is 22.5 Å². The number of nitrogen functional groups attached to an aromatic ring is 1. The monoisotopic (exact) mass is 520 g/mol. The number of benzene rings is 1. The van der Waals surface area contributed by atoms with E-state index in [4.69, 9.17) is 5.73 Å². The molecular weight excluding hydrogens is 499 g/mol. The highest BCUT2D eigenvalue weighted by atomic mass is 19.4. The van der Waals surface area contributed by atoms with Crippen LogP contribution in [0, 0.1) is 0 Å². The average molecular weight is 520 g/mol. The van der Waals surface area contributed by atoms with Gasteiger partial charge in [0, 0.05) is 25.5 Å². The largest absolute Gasteiger partial charge is 0.453 e. The number of nitrogens with two attached hydrogens (primary N) is 1. The molecule has 9 nitrogen and oxygen atoms in total. The molecule has 0 aliphatic carbocycles. The second-order valence-corrected chi connectivity index (χ2v) is 9.01. The Balaban J connectivity index is 1.55. The van der Waals surface area contributed by atoms with Crippen LogP contribution in [0.3, 0.4) is 0 Å². The van der Waals surface area contributed by atoms with E-state index in [-0.39, 0.29) is 29.2 Å². The Morgan fingerprint density at radius 3 is 2.49 bits per heavy atom. The molecule has 2 aliphatic heterocycles. The summed E-state index contributed by atoms with van der Waals surface area (Å²) >= 11 is 0. The molecular formula is C23H21F5N8O. The fourth-order valence-corrected chi connectivity index (χ4v) is 4.54. The van der Waals surface area contributed by atoms with E-state index >= 15 is 0 Å². The molecule has 0 saturated carbocycles. The molecule has 4 heterocycles. The van der Waals surface area contributed by atoms with Crippen LogP contribution in [0.15, 0.2) is 41.5 Å². The number of nitrogens with one attached hydrogen (secondary N) is 2. The first-order chi connectivity index (χ1) is 17.3. The van der Waals surface area contributed by atoms with E-state index < -0.39 is 36.4 Å². The molecule has 4 N–H and O–H groups in total. The summed E-state index contributed by atoms with van der Waals surface area (Å²) in [5, 5.41) is 9.62. The van der Waals surface area contributed by atoms with Crippen LogP contribution in [0.25, 0.3) is 0 Å². The first-order valence-corrected chi connectivity index (χ1v) is 11.2. The number of alkyl halides is 5. The molecule has 0 fully saturated rings. The lowest BCUT2D eigenvalue weighted by molar-refractivity contribution is -0.283. The van der Waals surface area contributed by atoms with Crippen molar-refractivity contribution in [3.63, 3.8) is 0 Å². The minimum Gasteiger partial charge on any atom is -0.383 e. The summed E-state index contributed by atoms with van der Waals surface area (Å²) in [5.74, 6) is -4.82. The van der Waals surface area contributed by atoms with Crippen LogP contribution in [0.2, 0.25) is 0 Å². The standard InChI is InChI=1S/C23H21F5N8O/c1-21(11-6-4-3-5-7-11)14-16(29)33-18(34-17(14)35-20(21)37)15-12-10-30-36(2)19(12)32-13(31-15)8-9-22(24,25)23(26,27)28/h3-7,10,15H,8-9H2,1-2H3,(H,31,32)(H3,29,33,34,35,37). The quantitative estimate of drug-likeness (QED) is 0.438. The van der Waals surface area contributed by atoms with Crippen LogP contribution in [-0.2, 0) is 17.3 Å². The predicted octanol–water partition coefficient (Wildman–Crippen LogP) is 3.94. The Bertz CT molecular complexity index is 1420. The Kier molecular flexibility index (Phi) is 5.46. The number of nitrogens with zero attached hydrogens (tertiary/aromatic N) is 5. The zero-order chi connectivity index (χ0) is 26.8. The highest BCUT2D eigenvalue weighted by Crippen LogP contribution is 2.46. The summed E-state index contributed by atoms with van der Waals surface area (Å²) in [6.45, 7) is 1.70. The smallest absolute Gasteiger partial charge is 0.383 e. The molecule has 0 saturated heterocycles. The van der Waals surface area contributed by atoms with Gasteiger partial charge in [0.1, 0.15) is 34.7 Å². The number of carbonyl (C=O) groups is 1. The van der Waals surface area contributed by atoms with E-state index in [2.05, 4.69) is 30.7 Å². The number of amidine groups is 1. The summed E-state index contributed by atoms with van der Waals surface area (Å²) in [4.78, 5) is 26.3. The second-order valence-electron chi connectivity index (χ2n) is 9.01. The molecule has 0 spiro atoms. The fraction of sp³-hybridized carbons (Fsp3) is 0.348. The van der Waals surface area contributed by atoms with Crippen LogP contribution in [0.5, 0.6) is 0 Å². The van der Waals surface area contributed by atoms with Gasteiger partial charge in [0.25, 0.3) is 0 Å². The van der Waals surface area contributed by atoms with Gasteiger partial charge in [0.2, 0.25) is 5.91 Å². The predicted molar refractivity (Wildman–Crippen MR) is 124 cm³/mol. The topological polar surface area (TPSA) is 123 Å². The number of rotatable bonds is 5. The average Bonchev–Trinajstić information content (AvgIpc) is 3.34. The Morgan fingerprint density at radius 1 is 1.11 bits per heavy atom. The number of amides is 1. The molecule has 0 bridgehead atoms. The number of aliphatic imine (C=N–C) groups is 1. The number of anilines is 3. The van der Waals surface area contributed by atoms with Crippen molar-refractivity contribution in [1.29, 1.82) is 0 Å². The van der Waals surface area contributed by atoms with Gasteiger partial charge in [-0.25, -0.2) is 9.97 Å². The van der Waals surface area contributed by atoms with Gasteiger partial charge in [-0.15, -0.1) is 0 Å². The zero-order valence-corrected chi connectivity index (χ0v) is 19.6. The van der Waals surface area contributed by atoms with Crippen molar-refractivity contribution in [3.8, 4) is 0 Å². The minimum absolute atomic E-state index is 0.00836. The molecule has 2 unspecified atom stereocenters. The molecule has 14 heteroatoms. The lowest BCUT2D eigenvalue weighted by atomic mass is 9.78. The van der Waals surface area contributed by atoms with Crippen molar-refractivity contribution in [2.24, 2.45) is 12.0 Å². The molecule has 1 amide bonds. The third-order valence-electron chi connectivity index (χ3n) is 6.64. The number of aromatic nitrogens is 4.